The molecule has 0 amide bonds. The maximum Gasteiger partial charge on any atom is 0.239 e. The molecule has 0 spiro atoms. The van der Waals surface area contributed by atoms with Gasteiger partial charge >= 0.3 is 0 Å². The number of halogens is 1. The van der Waals surface area contributed by atoms with E-state index in [1.54, 1.807) is 37.3 Å². The third-order valence-corrected chi connectivity index (χ3v) is 2.21. The summed E-state index contributed by atoms with van der Waals surface area (Å²) in [5, 5.41) is 11.9. The highest BCUT2D eigenvalue weighted by Gasteiger charge is 2.13. The second-order valence-corrected chi connectivity index (χ2v) is 3.78. The second kappa shape index (κ2) is 7.38. The van der Waals surface area contributed by atoms with Crippen molar-refractivity contribution < 1.29 is 14.2 Å². The van der Waals surface area contributed by atoms with Crippen LogP contribution < -0.4 is 5.32 Å². The first-order valence-corrected chi connectivity index (χ1v) is 5.74. The van der Waals surface area contributed by atoms with Crippen molar-refractivity contribution in [2.24, 2.45) is 4.99 Å². The zero-order valence-corrected chi connectivity index (χ0v) is 11.2. The maximum absolute atomic E-state index is 13.3. The summed E-state index contributed by atoms with van der Waals surface area (Å²) in [6.45, 7) is 1.56. The molecule has 0 radical (unpaired) electrons. The Labute approximate surface area is 112 Å². The number of ether oxygens (including phenoxy) is 1. The summed E-state index contributed by atoms with van der Waals surface area (Å²) < 4.78 is 18.4. The monoisotopic (exact) mass is 267 g/mol. The van der Waals surface area contributed by atoms with Crippen LogP contribution in [0.25, 0.3) is 0 Å². The lowest BCUT2D eigenvalue weighted by Crippen LogP contribution is -2.24. The van der Waals surface area contributed by atoms with E-state index in [-0.39, 0.29) is 12.4 Å². The Morgan fingerprint density at radius 2 is 2.37 bits per heavy atom. The van der Waals surface area contributed by atoms with E-state index in [9.17, 15) is 4.39 Å². The number of rotatable bonds is 4. The molecule has 104 valence electrons. The summed E-state index contributed by atoms with van der Waals surface area (Å²) in [6.07, 6.45) is 7.50. The number of allylic oxidation sites excluding steroid dienone is 3. The van der Waals surface area contributed by atoms with Crippen LogP contribution in [0.3, 0.4) is 0 Å². The Kier molecular flexibility index (Phi) is 5.81. The summed E-state index contributed by atoms with van der Waals surface area (Å²) in [5.41, 5.74) is 1.04. The smallest absolute Gasteiger partial charge is 0.239 e. The molecule has 0 fully saturated rings. The summed E-state index contributed by atoms with van der Waals surface area (Å²) in [7, 11) is 3.17. The highest BCUT2D eigenvalue weighted by molar-refractivity contribution is 5.94. The van der Waals surface area contributed by atoms with Crippen LogP contribution in [0.2, 0.25) is 0 Å². The van der Waals surface area contributed by atoms with Gasteiger partial charge in [-0.15, -0.1) is 0 Å². The predicted molar refractivity (Wildman–Crippen MR) is 72.6 cm³/mol. The van der Waals surface area contributed by atoms with Crippen LogP contribution in [0.4, 0.5) is 4.39 Å². The van der Waals surface area contributed by atoms with Gasteiger partial charge < -0.3 is 20.1 Å². The average Bonchev–Trinajstić information content (AvgIpc) is 2.39. The molecule has 0 saturated carbocycles. The topological polar surface area (TPSA) is 57.1 Å². The number of methoxy groups -OCH3 is 1. The Morgan fingerprint density at radius 1 is 1.63 bits per heavy atom. The van der Waals surface area contributed by atoms with Crippen molar-refractivity contribution >= 4 is 5.90 Å². The van der Waals surface area contributed by atoms with Gasteiger partial charge in [0.2, 0.25) is 5.90 Å². The first-order chi connectivity index (χ1) is 9.10. The fraction of sp³-hybridized carbons (Fsp3) is 0.308. The molecule has 0 aromatic rings. The van der Waals surface area contributed by atoms with Crippen LogP contribution in [0.15, 0.2) is 53.0 Å². The van der Waals surface area contributed by atoms with E-state index in [1.807, 2.05) is 0 Å². The molecule has 2 N–H and O–H groups in total. The van der Waals surface area contributed by atoms with Crippen LogP contribution in [-0.4, -0.2) is 36.7 Å². The number of hydrogen-bond donors (Lipinski definition) is 2. The van der Waals surface area contributed by atoms with Crippen molar-refractivity contribution in [2.75, 3.05) is 20.8 Å². The minimum Gasteiger partial charge on any atom is -0.479 e. The van der Waals surface area contributed by atoms with Gasteiger partial charge in [0.15, 0.2) is 0 Å². The van der Waals surface area contributed by atoms with E-state index in [2.05, 4.69) is 10.3 Å². The van der Waals surface area contributed by atoms with Crippen LogP contribution in [-0.2, 0) is 4.74 Å². The van der Waals surface area contributed by atoms with Gasteiger partial charge in [-0.2, -0.15) is 0 Å². The Morgan fingerprint density at radius 3 is 2.95 bits per heavy atom. The molecule has 0 aromatic heterocycles. The maximum atomic E-state index is 13.3. The van der Waals surface area contributed by atoms with Gasteiger partial charge in [-0.05, 0) is 13.0 Å². The van der Waals surface area contributed by atoms with Gasteiger partial charge in [-0.3, -0.25) is 0 Å². The van der Waals surface area contributed by atoms with Crippen molar-refractivity contribution in [3.8, 4) is 0 Å². The zero-order valence-electron chi connectivity index (χ0n) is 11.2. The standard InChI is InChI=1S/C13H18FN3O2/c1-4-5-10(14)7-17(2)8-12-13(19-3)16-11(9-18)6-15-12/h4-8,15,18H,9H2,1-3H3/b5-4-,10-7+,12-8-. The molecule has 0 aliphatic carbocycles. The highest BCUT2D eigenvalue weighted by Crippen LogP contribution is 2.10. The van der Waals surface area contributed by atoms with E-state index in [4.69, 9.17) is 9.84 Å². The van der Waals surface area contributed by atoms with Gasteiger partial charge in [-0.25, -0.2) is 9.38 Å². The van der Waals surface area contributed by atoms with Gasteiger partial charge in [-0.1, -0.05) is 6.08 Å². The van der Waals surface area contributed by atoms with Gasteiger partial charge in [0, 0.05) is 25.6 Å². The molecule has 1 aliphatic heterocycles. The van der Waals surface area contributed by atoms with Crippen LogP contribution in [0.1, 0.15) is 6.92 Å². The molecule has 5 nitrogen and oxygen atoms in total. The molecule has 0 bridgehead atoms. The second-order valence-electron chi connectivity index (χ2n) is 3.78. The molecule has 0 unspecified atom stereocenters. The number of nitrogens with zero attached hydrogens (tertiary/aromatic N) is 2. The number of aliphatic hydroxyl groups is 1. The van der Waals surface area contributed by atoms with Crippen LogP contribution in [0.5, 0.6) is 0 Å². The predicted octanol–water partition coefficient (Wildman–Crippen LogP) is 1.63. The minimum atomic E-state index is -0.361. The van der Waals surface area contributed by atoms with E-state index < -0.39 is 0 Å². The number of hydrogen-bond acceptors (Lipinski definition) is 5. The van der Waals surface area contributed by atoms with Gasteiger partial charge in [0.1, 0.15) is 11.5 Å². The highest BCUT2D eigenvalue weighted by atomic mass is 19.1. The zero-order chi connectivity index (χ0) is 14.3. The van der Waals surface area contributed by atoms with Crippen molar-refractivity contribution in [1.82, 2.24) is 10.2 Å². The lowest BCUT2D eigenvalue weighted by Gasteiger charge is -2.18. The lowest BCUT2D eigenvalue weighted by molar-refractivity contribution is 0.326. The largest absolute Gasteiger partial charge is 0.479 e. The van der Waals surface area contributed by atoms with Crippen LogP contribution in [0, 0.1) is 0 Å². The van der Waals surface area contributed by atoms with Crippen molar-refractivity contribution in [1.29, 1.82) is 0 Å². The first kappa shape index (κ1) is 15.0. The fourth-order valence-corrected chi connectivity index (χ4v) is 1.41. The minimum absolute atomic E-state index is 0.182. The SMILES string of the molecule is C/C=C\C(F)=C/N(C)/C=C1\NC=C(CO)N=C1OC. The summed E-state index contributed by atoms with van der Waals surface area (Å²) in [5.74, 6) is -0.0293. The lowest BCUT2D eigenvalue weighted by atomic mass is 10.3. The number of aliphatic hydroxyl groups excluding tert-OH is 1. The van der Waals surface area contributed by atoms with Crippen molar-refractivity contribution in [3.63, 3.8) is 0 Å². The van der Waals surface area contributed by atoms with E-state index in [0.29, 0.717) is 17.3 Å². The quantitative estimate of drug-likeness (QED) is 0.760. The number of aliphatic imine (C=N–C) groups is 1. The third kappa shape index (κ3) is 4.59. The number of nitrogens with one attached hydrogen (secondary N) is 1. The van der Waals surface area contributed by atoms with E-state index in [1.165, 1.54) is 19.4 Å². The molecule has 1 rings (SSSR count). The molecule has 6 heteroatoms. The summed E-state index contributed by atoms with van der Waals surface area (Å²) in [6, 6.07) is 0. The summed E-state index contributed by atoms with van der Waals surface area (Å²) >= 11 is 0. The van der Waals surface area contributed by atoms with Gasteiger partial charge in [0.05, 0.1) is 19.4 Å². The van der Waals surface area contributed by atoms with Crippen molar-refractivity contribution in [2.45, 2.75) is 6.92 Å². The molecule has 0 atom stereocenters. The molecule has 19 heavy (non-hydrogen) atoms. The van der Waals surface area contributed by atoms with E-state index >= 15 is 0 Å². The molecule has 0 aromatic carbocycles. The normalized spacial score (nSPS) is 18.2. The molecule has 1 heterocycles. The Balaban J connectivity index is 2.86. The van der Waals surface area contributed by atoms with Gasteiger partial charge in [0.25, 0.3) is 0 Å². The Bertz CT molecular complexity index is 465. The van der Waals surface area contributed by atoms with E-state index in [0.717, 1.165) is 0 Å². The Hall–Kier alpha value is -2.08. The average molecular weight is 267 g/mol. The third-order valence-electron chi connectivity index (χ3n) is 2.21. The molecule has 1 aliphatic rings. The molecular formula is C13H18FN3O2. The van der Waals surface area contributed by atoms with Crippen LogP contribution >= 0.6 is 0 Å². The summed E-state index contributed by atoms with van der Waals surface area (Å²) in [4.78, 5) is 5.63. The first-order valence-electron chi connectivity index (χ1n) is 5.74. The van der Waals surface area contributed by atoms with Crippen molar-refractivity contribution in [3.05, 3.63) is 48.0 Å². The fourth-order valence-electron chi connectivity index (χ4n) is 1.41. The molecule has 0 saturated heterocycles. The molecular weight excluding hydrogens is 249 g/mol.